The molecule has 168 valence electrons. The van der Waals surface area contributed by atoms with Crippen molar-refractivity contribution < 1.29 is 50.4 Å². The number of aliphatic hydroxyl groups is 1. The van der Waals surface area contributed by atoms with E-state index in [0.717, 1.165) is 12.8 Å². The number of unbranched alkanes of at least 4 members (excludes halogenated alkanes) is 14. The van der Waals surface area contributed by atoms with Gasteiger partial charge in [-0.3, -0.25) is 15.0 Å². The van der Waals surface area contributed by atoms with Crippen LogP contribution in [0.1, 0.15) is 111 Å². The molecule has 0 spiro atoms. The Morgan fingerprint density at radius 1 is 0.793 bits per heavy atom. The maximum absolute atomic E-state index is 11.6. The molecule has 0 aliphatic heterocycles. The van der Waals surface area contributed by atoms with E-state index < -0.39 is 5.97 Å². The van der Waals surface area contributed by atoms with E-state index >= 15 is 0 Å². The predicted octanol–water partition coefficient (Wildman–Crippen LogP) is 1.52. The Balaban J connectivity index is -0.00000364. The van der Waals surface area contributed by atoms with Gasteiger partial charge in [-0.05, 0) is 6.42 Å². The quantitative estimate of drug-likeness (QED) is 0.113. The monoisotopic (exact) mass is 424 g/mol. The zero-order valence-corrected chi connectivity index (χ0v) is 21.1. The van der Waals surface area contributed by atoms with Gasteiger partial charge >= 0.3 is 35.5 Å². The Labute approximate surface area is 202 Å². The van der Waals surface area contributed by atoms with Gasteiger partial charge in [0.25, 0.3) is 0 Å². The van der Waals surface area contributed by atoms with Crippen LogP contribution in [0.15, 0.2) is 0 Å². The Bertz CT molecular complexity index is 377. The van der Waals surface area contributed by atoms with Crippen LogP contribution in [0.4, 0.5) is 0 Å². The number of aliphatic hydroxyl groups excluding tert-OH is 1. The van der Waals surface area contributed by atoms with Gasteiger partial charge in [-0.25, -0.2) is 5.43 Å². The predicted molar refractivity (Wildman–Crippen MR) is 115 cm³/mol. The van der Waals surface area contributed by atoms with Crippen molar-refractivity contribution in [2.45, 2.75) is 110 Å². The largest absolute Gasteiger partial charge is 1.00 e. The molecule has 0 aromatic heterocycles. The maximum Gasteiger partial charge on any atom is 1.00 e. The summed E-state index contributed by atoms with van der Waals surface area (Å²) in [6.45, 7) is 1.95. The summed E-state index contributed by atoms with van der Waals surface area (Å²) in [5, 5.41) is 8.52. The number of amides is 1. The van der Waals surface area contributed by atoms with E-state index in [0.29, 0.717) is 6.42 Å². The van der Waals surface area contributed by atoms with E-state index in [4.69, 9.17) is 5.11 Å². The van der Waals surface area contributed by atoms with E-state index in [2.05, 4.69) is 22.5 Å². The van der Waals surface area contributed by atoms with Crippen molar-refractivity contribution in [2.24, 2.45) is 0 Å². The average Bonchev–Trinajstić information content (AvgIpc) is 2.69. The Morgan fingerprint density at radius 3 is 1.69 bits per heavy atom. The first-order chi connectivity index (χ1) is 13.7. The first-order valence-corrected chi connectivity index (χ1v) is 11.5. The molecule has 6 nitrogen and oxygen atoms in total. The van der Waals surface area contributed by atoms with Crippen molar-refractivity contribution in [3.8, 4) is 0 Å². The van der Waals surface area contributed by atoms with Crippen molar-refractivity contribution in [3.63, 3.8) is 0 Å². The number of esters is 1. The van der Waals surface area contributed by atoms with Crippen LogP contribution in [0, 0.1) is 0 Å². The molecule has 0 heterocycles. The second-order valence-corrected chi connectivity index (χ2v) is 7.55. The van der Waals surface area contributed by atoms with Crippen LogP contribution in [0.25, 0.3) is 0 Å². The van der Waals surface area contributed by atoms with Gasteiger partial charge in [0, 0.05) is 6.42 Å². The molecule has 0 aliphatic carbocycles. The molecule has 0 radical (unpaired) electrons. The van der Waals surface area contributed by atoms with E-state index in [1.54, 1.807) is 0 Å². The summed E-state index contributed by atoms with van der Waals surface area (Å²) in [4.78, 5) is 22.8. The molecule has 0 aliphatic rings. The van der Waals surface area contributed by atoms with Crippen LogP contribution < -0.4 is 40.4 Å². The van der Waals surface area contributed by atoms with Gasteiger partial charge in [0.15, 0.2) is 0 Å². The number of rotatable bonds is 21. The third kappa shape index (κ3) is 25.8. The molecule has 0 saturated carbocycles. The first kappa shape index (κ1) is 31.0. The number of hydrogen-bond donors (Lipinski definition) is 3. The molecule has 0 aromatic carbocycles. The number of carbonyl (C=O) groups is 2. The molecule has 0 bridgehead atoms. The van der Waals surface area contributed by atoms with Crippen LogP contribution in [-0.4, -0.2) is 36.7 Å². The zero-order chi connectivity index (χ0) is 20.7. The maximum atomic E-state index is 11.6. The SMILES string of the molecule is CCCCCCCCCCCCCCCCCC(=O)NNCC(=O)OCCO.[H-].[Na+]. The molecule has 0 atom stereocenters. The average molecular weight is 425 g/mol. The third-order valence-corrected chi connectivity index (χ3v) is 4.82. The van der Waals surface area contributed by atoms with E-state index in [1.807, 2.05) is 0 Å². The minimum atomic E-state index is -0.499. The summed E-state index contributed by atoms with van der Waals surface area (Å²) in [6, 6.07) is 0. The molecule has 0 saturated heterocycles. The Kier molecular flexibility index (Phi) is 27.7. The van der Waals surface area contributed by atoms with Crippen LogP contribution in [-0.2, 0) is 14.3 Å². The van der Waals surface area contributed by atoms with Crippen molar-refractivity contribution in [3.05, 3.63) is 0 Å². The van der Waals surface area contributed by atoms with Gasteiger partial charge in [-0.1, -0.05) is 96.8 Å². The molecular formula is C22H45N2NaO4. The van der Waals surface area contributed by atoms with Crippen molar-refractivity contribution in [1.29, 1.82) is 0 Å². The smallest absolute Gasteiger partial charge is 1.00 e. The fourth-order valence-corrected chi connectivity index (χ4v) is 3.14. The summed E-state index contributed by atoms with van der Waals surface area (Å²) >= 11 is 0. The number of nitrogens with one attached hydrogen (secondary N) is 2. The molecule has 3 N–H and O–H groups in total. The van der Waals surface area contributed by atoms with Gasteiger partial charge in [0.05, 0.1) is 6.61 Å². The normalized spacial score (nSPS) is 10.4. The minimum Gasteiger partial charge on any atom is -1.00 e. The number of carbonyl (C=O) groups excluding carboxylic acids is 2. The molecule has 29 heavy (non-hydrogen) atoms. The Morgan fingerprint density at radius 2 is 1.24 bits per heavy atom. The molecule has 0 unspecified atom stereocenters. The van der Waals surface area contributed by atoms with Crippen LogP contribution >= 0.6 is 0 Å². The van der Waals surface area contributed by atoms with Gasteiger partial charge in [0.1, 0.15) is 13.2 Å². The van der Waals surface area contributed by atoms with E-state index in [-0.39, 0.29) is 56.6 Å². The third-order valence-electron chi connectivity index (χ3n) is 4.82. The fraction of sp³-hybridized carbons (Fsp3) is 0.909. The summed E-state index contributed by atoms with van der Waals surface area (Å²) < 4.78 is 4.66. The standard InChI is InChI=1S/C22H44N2O4.Na.H/c1-2-3-4-5-6-7-8-9-10-11-12-13-14-15-16-17-21(26)24-23-20-22(27)28-19-18-25;;/h23,25H,2-20H2,1H3,(H,24,26);;/q;+1;-1. The number of ether oxygens (including phenoxy) is 1. The van der Waals surface area contributed by atoms with E-state index in [9.17, 15) is 9.59 Å². The van der Waals surface area contributed by atoms with E-state index in [1.165, 1.54) is 83.5 Å². The van der Waals surface area contributed by atoms with Gasteiger partial charge < -0.3 is 11.3 Å². The van der Waals surface area contributed by atoms with Gasteiger partial charge in [0.2, 0.25) is 5.91 Å². The second kappa shape index (κ2) is 25.9. The summed E-state index contributed by atoms with van der Waals surface area (Å²) in [7, 11) is 0. The van der Waals surface area contributed by atoms with Crippen molar-refractivity contribution in [1.82, 2.24) is 10.9 Å². The molecule has 0 fully saturated rings. The second-order valence-electron chi connectivity index (χ2n) is 7.55. The number of hydrogen-bond acceptors (Lipinski definition) is 5. The number of hydrazine groups is 1. The van der Waals surface area contributed by atoms with Crippen molar-refractivity contribution in [2.75, 3.05) is 19.8 Å². The summed E-state index contributed by atoms with van der Waals surface area (Å²) in [5.41, 5.74) is 5.03. The van der Waals surface area contributed by atoms with Crippen LogP contribution in [0.2, 0.25) is 0 Å². The molecule has 1 amide bonds. The summed E-state index contributed by atoms with van der Waals surface area (Å²) in [5.74, 6) is -0.606. The van der Waals surface area contributed by atoms with Gasteiger partial charge in [-0.2, -0.15) is 0 Å². The van der Waals surface area contributed by atoms with Crippen LogP contribution in [0.5, 0.6) is 0 Å². The van der Waals surface area contributed by atoms with Gasteiger partial charge in [-0.15, -0.1) is 0 Å². The minimum absolute atomic E-state index is 0. The molecule has 7 heteroatoms. The Hall–Kier alpha value is -0.140. The molecule has 0 rings (SSSR count). The van der Waals surface area contributed by atoms with Crippen molar-refractivity contribution >= 4 is 11.9 Å². The van der Waals surface area contributed by atoms with Crippen LogP contribution in [0.3, 0.4) is 0 Å². The first-order valence-electron chi connectivity index (χ1n) is 11.5. The molecular weight excluding hydrogens is 379 g/mol. The fourth-order valence-electron chi connectivity index (χ4n) is 3.14. The molecule has 0 aromatic rings. The summed E-state index contributed by atoms with van der Waals surface area (Å²) in [6.07, 6.45) is 20.0. The zero-order valence-electron chi connectivity index (χ0n) is 20.1. The topological polar surface area (TPSA) is 87.7 Å².